The largest absolute Gasteiger partial charge is 0.492 e. The fourth-order valence-corrected chi connectivity index (χ4v) is 2.61. The molecule has 2 rings (SSSR count). The highest BCUT2D eigenvalue weighted by Gasteiger charge is 2.15. The van der Waals surface area contributed by atoms with Gasteiger partial charge in [-0.2, -0.15) is 0 Å². The molecule has 0 aliphatic carbocycles. The highest BCUT2D eigenvalue weighted by molar-refractivity contribution is 5.72. The minimum absolute atomic E-state index is 0.639. The van der Waals surface area contributed by atoms with Crippen molar-refractivity contribution in [2.24, 2.45) is 5.92 Å². The van der Waals surface area contributed by atoms with E-state index in [0.29, 0.717) is 12.3 Å². The van der Waals surface area contributed by atoms with Crippen LogP contribution < -0.4 is 15.8 Å². The summed E-state index contributed by atoms with van der Waals surface area (Å²) in [5.74, 6) is 1.65. The predicted molar refractivity (Wildman–Crippen MR) is 85.4 cm³/mol. The molecule has 1 aromatic carbocycles. The van der Waals surface area contributed by atoms with Gasteiger partial charge in [-0.25, -0.2) is 0 Å². The maximum atomic E-state index is 6.11. The SMILES string of the molecule is CCOc1cccc(NCCN2CCC(C)CC2)c1N. The highest BCUT2D eigenvalue weighted by atomic mass is 16.5. The zero-order valence-corrected chi connectivity index (χ0v) is 12.7. The Bertz CT molecular complexity index is 414. The third-order valence-corrected chi connectivity index (χ3v) is 3.99. The zero-order chi connectivity index (χ0) is 14.4. The van der Waals surface area contributed by atoms with Gasteiger partial charge in [-0.1, -0.05) is 13.0 Å². The Hall–Kier alpha value is -1.42. The van der Waals surface area contributed by atoms with Gasteiger partial charge in [0, 0.05) is 13.1 Å². The van der Waals surface area contributed by atoms with Gasteiger partial charge in [0.1, 0.15) is 5.75 Å². The molecule has 3 N–H and O–H groups in total. The second-order valence-corrected chi connectivity index (χ2v) is 5.60. The molecule has 0 spiro atoms. The molecule has 1 fully saturated rings. The molecule has 0 aromatic heterocycles. The van der Waals surface area contributed by atoms with Gasteiger partial charge < -0.3 is 20.7 Å². The van der Waals surface area contributed by atoms with Crippen LogP contribution in [0.2, 0.25) is 0 Å². The van der Waals surface area contributed by atoms with Crippen molar-refractivity contribution in [1.29, 1.82) is 0 Å². The normalized spacial score (nSPS) is 17.1. The van der Waals surface area contributed by atoms with Crippen molar-refractivity contribution < 1.29 is 4.74 Å². The van der Waals surface area contributed by atoms with E-state index < -0.39 is 0 Å². The number of hydrogen-bond acceptors (Lipinski definition) is 4. The number of piperidine rings is 1. The predicted octanol–water partition coefficient (Wildman–Crippen LogP) is 2.81. The number of hydrogen-bond donors (Lipinski definition) is 2. The Morgan fingerprint density at radius 1 is 1.35 bits per heavy atom. The van der Waals surface area contributed by atoms with Crippen molar-refractivity contribution in [2.75, 3.05) is 43.8 Å². The lowest BCUT2D eigenvalue weighted by atomic mass is 9.99. The number of nitrogens with one attached hydrogen (secondary N) is 1. The summed E-state index contributed by atoms with van der Waals surface area (Å²) < 4.78 is 5.51. The molecule has 112 valence electrons. The number of para-hydroxylation sites is 1. The topological polar surface area (TPSA) is 50.5 Å². The molecular weight excluding hydrogens is 250 g/mol. The van der Waals surface area contributed by atoms with Crippen LogP contribution in [0.15, 0.2) is 18.2 Å². The van der Waals surface area contributed by atoms with Gasteiger partial charge >= 0.3 is 0 Å². The molecule has 1 aromatic rings. The van der Waals surface area contributed by atoms with Crippen molar-refractivity contribution in [3.05, 3.63) is 18.2 Å². The van der Waals surface area contributed by atoms with Crippen molar-refractivity contribution in [3.63, 3.8) is 0 Å². The van der Waals surface area contributed by atoms with Crippen LogP contribution in [0.1, 0.15) is 26.7 Å². The maximum absolute atomic E-state index is 6.11. The number of anilines is 2. The van der Waals surface area contributed by atoms with Gasteiger partial charge in [0.05, 0.1) is 18.0 Å². The number of rotatable bonds is 6. The number of nitrogens with zero attached hydrogens (tertiary/aromatic N) is 1. The molecular formula is C16H27N3O. The van der Waals surface area contributed by atoms with Gasteiger partial charge in [0.25, 0.3) is 0 Å². The third kappa shape index (κ3) is 4.04. The Labute approximate surface area is 122 Å². The summed E-state index contributed by atoms with van der Waals surface area (Å²) in [6.45, 7) is 9.39. The van der Waals surface area contributed by atoms with Crippen LogP contribution in [0.3, 0.4) is 0 Å². The van der Waals surface area contributed by atoms with E-state index in [0.717, 1.165) is 30.4 Å². The van der Waals surface area contributed by atoms with Crippen LogP contribution in [0.25, 0.3) is 0 Å². The first-order valence-corrected chi connectivity index (χ1v) is 7.68. The Morgan fingerprint density at radius 3 is 2.80 bits per heavy atom. The molecule has 0 amide bonds. The Kier molecular flexibility index (Phi) is 5.53. The number of likely N-dealkylation sites (tertiary alicyclic amines) is 1. The van der Waals surface area contributed by atoms with Gasteiger partial charge in [-0.05, 0) is 50.9 Å². The molecule has 20 heavy (non-hydrogen) atoms. The van der Waals surface area contributed by atoms with Crippen LogP contribution in [0.4, 0.5) is 11.4 Å². The van der Waals surface area contributed by atoms with Gasteiger partial charge in [-0.15, -0.1) is 0 Å². The first kappa shape index (κ1) is 15.0. The zero-order valence-electron chi connectivity index (χ0n) is 12.7. The van der Waals surface area contributed by atoms with Crippen molar-refractivity contribution in [3.8, 4) is 5.75 Å². The van der Waals surface area contributed by atoms with Crippen molar-refractivity contribution >= 4 is 11.4 Å². The number of nitrogen functional groups attached to an aromatic ring is 1. The second-order valence-electron chi connectivity index (χ2n) is 5.60. The van der Waals surface area contributed by atoms with E-state index >= 15 is 0 Å². The van der Waals surface area contributed by atoms with E-state index in [1.807, 2.05) is 25.1 Å². The summed E-state index contributed by atoms with van der Waals surface area (Å²) in [4.78, 5) is 2.52. The van der Waals surface area contributed by atoms with Crippen LogP contribution >= 0.6 is 0 Å². The van der Waals surface area contributed by atoms with E-state index in [-0.39, 0.29) is 0 Å². The van der Waals surface area contributed by atoms with Crippen LogP contribution in [-0.2, 0) is 0 Å². The molecule has 0 bridgehead atoms. The standard InChI is InChI=1S/C16H27N3O/c1-3-20-15-6-4-5-14(16(15)17)18-9-12-19-10-7-13(2)8-11-19/h4-6,13,18H,3,7-12,17H2,1-2H3. The lowest BCUT2D eigenvalue weighted by Gasteiger charge is -2.30. The molecule has 0 saturated carbocycles. The minimum Gasteiger partial charge on any atom is -0.492 e. The van der Waals surface area contributed by atoms with Crippen LogP contribution in [-0.4, -0.2) is 37.7 Å². The van der Waals surface area contributed by atoms with Gasteiger partial charge in [0.2, 0.25) is 0 Å². The smallest absolute Gasteiger partial charge is 0.144 e. The second kappa shape index (κ2) is 7.39. The van der Waals surface area contributed by atoms with E-state index in [1.54, 1.807) is 0 Å². The number of benzene rings is 1. The van der Waals surface area contributed by atoms with E-state index in [9.17, 15) is 0 Å². The van der Waals surface area contributed by atoms with E-state index in [4.69, 9.17) is 10.5 Å². The average Bonchev–Trinajstić information content (AvgIpc) is 2.45. The maximum Gasteiger partial charge on any atom is 0.144 e. The summed E-state index contributed by atoms with van der Waals surface area (Å²) in [7, 11) is 0. The number of ether oxygens (including phenoxy) is 1. The summed E-state index contributed by atoms with van der Waals surface area (Å²) in [6, 6.07) is 5.90. The van der Waals surface area contributed by atoms with E-state index in [1.165, 1.54) is 25.9 Å². The lowest BCUT2D eigenvalue weighted by Crippen LogP contribution is -2.36. The first-order chi connectivity index (χ1) is 9.70. The van der Waals surface area contributed by atoms with Gasteiger partial charge in [0.15, 0.2) is 0 Å². The lowest BCUT2D eigenvalue weighted by molar-refractivity contribution is 0.199. The summed E-state index contributed by atoms with van der Waals surface area (Å²) in [6.07, 6.45) is 2.64. The fraction of sp³-hybridized carbons (Fsp3) is 0.625. The molecule has 4 heteroatoms. The van der Waals surface area contributed by atoms with Crippen molar-refractivity contribution in [1.82, 2.24) is 4.90 Å². The highest BCUT2D eigenvalue weighted by Crippen LogP contribution is 2.29. The quantitative estimate of drug-likeness (QED) is 0.785. The summed E-state index contributed by atoms with van der Waals surface area (Å²) in [5.41, 5.74) is 7.79. The Morgan fingerprint density at radius 2 is 2.10 bits per heavy atom. The average molecular weight is 277 g/mol. The summed E-state index contributed by atoms with van der Waals surface area (Å²) >= 11 is 0. The summed E-state index contributed by atoms with van der Waals surface area (Å²) in [5, 5.41) is 3.42. The molecule has 0 unspecified atom stereocenters. The molecule has 1 saturated heterocycles. The molecule has 1 heterocycles. The fourth-order valence-electron chi connectivity index (χ4n) is 2.61. The molecule has 1 aliphatic heterocycles. The molecule has 0 radical (unpaired) electrons. The first-order valence-electron chi connectivity index (χ1n) is 7.68. The Balaban J connectivity index is 1.80. The van der Waals surface area contributed by atoms with Gasteiger partial charge in [-0.3, -0.25) is 0 Å². The van der Waals surface area contributed by atoms with Crippen LogP contribution in [0.5, 0.6) is 5.75 Å². The molecule has 1 aliphatic rings. The molecule has 0 atom stereocenters. The van der Waals surface area contributed by atoms with E-state index in [2.05, 4.69) is 17.1 Å². The van der Waals surface area contributed by atoms with Crippen molar-refractivity contribution in [2.45, 2.75) is 26.7 Å². The monoisotopic (exact) mass is 277 g/mol. The molecule has 4 nitrogen and oxygen atoms in total. The third-order valence-electron chi connectivity index (χ3n) is 3.99. The van der Waals surface area contributed by atoms with Crippen LogP contribution in [0, 0.1) is 5.92 Å². The minimum atomic E-state index is 0.639. The number of nitrogens with two attached hydrogens (primary N) is 1.